The van der Waals surface area contributed by atoms with Gasteiger partial charge in [0.1, 0.15) is 0 Å². The predicted octanol–water partition coefficient (Wildman–Crippen LogP) is 2.06. The molecule has 0 aromatic heterocycles. The average Bonchev–Trinajstić information content (AvgIpc) is 2.99. The van der Waals surface area contributed by atoms with Gasteiger partial charge in [-0.3, -0.25) is 0 Å². The number of epoxide rings is 1. The molecule has 0 spiro atoms. The Labute approximate surface area is 85.1 Å². The maximum atomic E-state index is 10.6. The van der Waals surface area contributed by atoms with Gasteiger partial charge < -0.3 is 9.47 Å². The number of carbonyl (C=O) groups is 1. The lowest BCUT2D eigenvalue weighted by molar-refractivity contribution is -0.137. The van der Waals surface area contributed by atoms with Crippen LogP contribution in [0.5, 0.6) is 0 Å². The van der Waals surface area contributed by atoms with Crippen LogP contribution in [0.3, 0.4) is 0 Å². The van der Waals surface area contributed by atoms with E-state index in [1.807, 2.05) is 0 Å². The van der Waals surface area contributed by atoms with Crippen LogP contribution in [-0.4, -0.2) is 25.3 Å². The SMILES string of the molecule is C=CC(=O)OCCCCCCC1CO1. The first-order valence-corrected chi connectivity index (χ1v) is 5.23. The number of unbranched alkanes of at least 4 members (excludes halogenated alkanes) is 3. The molecule has 14 heavy (non-hydrogen) atoms. The van der Waals surface area contributed by atoms with Gasteiger partial charge in [-0.05, 0) is 12.8 Å². The Morgan fingerprint density at radius 3 is 2.79 bits per heavy atom. The Hall–Kier alpha value is -0.830. The number of hydrogen-bond donors (Lipinski definition) is 0. The van der Waals surface area contributed by atoms with E-state index in [4.69, 9.17) is 9.47 Å². The molecule has 0 saturated carbocycles. The maximum Gasteiger partial charge on any atom is 0.330 e. The van der Waals surface area contributed by atoms with E-state index in [1.54, 1.807) is 0 Å². The molecule has 0 aromatic carbocycles. The minimum atomic E-state index is -0.323. The number of ether oxygens (including phenoxy) is 2. The van der Waals surface area contributed by atoms with Gasteiger partial charge in [-0.1, -0.05) is 25.8 Å². The van der Waals surface area contributed by atoms with Gasteiger partial charge in [0, 0.05) is 6.08 Å². The van der Waals surface area contributed by atoms with Crippen LogP contribution in [0.25, 0.3) is 0 Å². The van der Waals surface area contributed by atoms with Crippen LogP contribution in [0.1, 0.15) is 32.1 Å². The first-order chi connectivity index (χ1) is 6.83. The Balaban J connectivity index is 1.74. The molecule has 1 rings (SSSR count). The van der Waals surface area contributed by atoms with Crippen molar-refractivity contribution in [1.29, 1.82) is 0 Å². The van der Waals surface area contributed by atoms with E-state index in [2.05, 4.69) is 6.58 Å². The molecular formula is C11H18O3. The van der Waals surface area contributed by atoms with Crippen LogP contribution in [0.15, 0.2) is 12.7 Å². The molecule has 3 nitrogen and oxygen atoms in total. The minimum absolute atomic E-state index is 0.323. The molecule has 1 aliphatic rings. The number of rotatable bonds is 8. The summed E-state index contributed by atoms with van der Waals surface area (Å²) in [5, 5.41) is 0. The second-order valence-corrected chi connectivity index (χ2v) is 3.53. The van der Waals surface area contributed by atoms with Crippen molar-refractivity contribution in [1.82, 2.24) is 0 Å². The molecule has 0 radical (unpaired) electrons. The van der Waals surface area contributed by atoms with Gasteiger partial charge >= 0.3 is 5.97 Å². The highest BCUT2D eigenvalue weighted by molar-refractivity contribution is 5.81. The lowest BCUT2D eigenvalue weighted by Crippen LogP contribution is -2.01. The third-order valence-corrected chi connectivity index (χ3v) is 2.23. The summed E-state index contributed by atoms with van der Waals surface area (Å²) in [5.41, 5.74) is 0. The van der Waals surface area contributed by atoms with E-state index >= 15 is 0 Å². The van der Waals surface area contributed by atoms with Crippen LogP contribution in [-0.2, 0) is 14.3 Å². The highest BCUT2D eigenvalue weighted by Gasteiger charge is 2.20. The van der Waals surface area contributed by atoms with E-state index in [-0.39, 0.29) is 5.97 Å². The number of hydrogen-bond acceptors (Lipinski definition) is 3. The van der Waals surface area contributed by atoms with Crippen LogP contribution >= 0.6 is 0 Å². The monoisotopic (exact) mass is 198 g/mol. The van der Waals surface area contributed by atoms with Gasteiger partial charge in [-0.25, -0.2) is 4.79 Å². The summed E-state index contributed by atoms with van der Waals surface area (Å²) in [6, 6.07) is 0. The third kappa shape index (κ3) is 5.75. The lowest BCUT2D eigenvalue weighted by Gasteiger charge is -2.01. The molecule has 0 amide bonds. The second-order valence-electron chi connectivity index (χ2n) is 3.53. The quantitative estimate of drug-likeness (QED) is 0.259. The van der Waals surface area contributed by atoms with Crippen molar-refractivity contribution in [3.8, 4) is 0 Å². The van der Waals surface area contributed by atoms with Crippen LogP contribution in [0, 0.1) is 0 Å². The van der Waals surface area contributed by atoms with Crippen molar-refractivity contribution in [2.24, 2.45) is 0 Å². The Kier molecular flexibility index (Phi) is 5.30. The van der Waals surface area contributed by atoms with Gasteiger partial charge in [0.25, 0.3) is 0 Å². The van der Waals surface area contributed by atoms with Gasteiger partial charge in [0.2, 0.25) is 0 Å². The van der Waals surface area contributed by atoms with E-state index in [1.165, 1.54) is 25.3 Å². The molecule has 1 unspecified atom stereocenters. The second kappa shape index (κ2) is 6.60. The number of esters is 1. The summed E-state index contributed by atoms with van der Waals surface area (Å²) in [7, 11) is 0. The molecule has 3 heteroatoms. The molecule has 1 fully saturated rings. The summed E-state index contributed by atoms with van der Waals surface area (Å²) in [6.07, 6.45) is 7.43. The van der Waals surface area contributed by atoms with Crippen molar-refractivity contribution < 1.29 is 14.3 Å². The first-order valence-electron chi connectivity index (χ1n) is 5.23. The highest BCUT2D eigenvalue weighted by atomic mass is 16.6. The fraction of sp³-hybridized carbons (Fsp3) is 0.727. The van der Waals surface area contributed by atoms with Crippen LogP contribution in [0.4, 0.5) is 0 Å². The maximum absolute atomic E-state index is 10.6. The summed E-state index contributed by atoms with van der Waals surface area (Å²) in [4.78, 5) is 10.6. The Morgan fingerprint density at radius 2 is 2.14 bits per heavy atom. The summed E-state index contributed by atoms with van der Waals surface area (Å²) in [6.45, 7) is 4.80. The third-order valence-electron chi connectivity index (χ3n) is 2.23. The van der Waals surface area contributed by atoms with Gasteiger partial charge in [0.05, 0.1) is 19.3 Å². The highest BCUT2D eigenvalue weighted by Crippen LogP contribution is 2.17. The van der Waals surface area contributed by atoms with Crippen LogP contribution in [0.2, 0.25) is 0 Å². The topological polar surface area (TPSA) is 38.8 Å². The first kappa shape index (κ1) is 11.2. The normalized spacial score (nSPS) is 19.0. The largest absolute Gasteiger partial charge is 0.463 e. The molecule has 80 valence electrons. The Morgan fingerprint density at radius 1 is 1.43 bits per heavy atom. The molecule has 1 heterocycles. The van der Waals surface area contributed by atoms with Crippen molar-refractivity contribution in [2.45, 2.75) is 38.2 Å². The zero-order valence-corrected chi connectivity index (χ0v) is 8.54. The van der Waals surface area contributed by atoms with Crippen molar-refractivity contribution >= 4 is 5.97 Å². The molecule has 0 aromatic rings. The molecule has 0 bridgehead atoms. The fourth-order valence-electron chi connectivity index (χ4n) is 1.29. The molecule has 0 N–H and O–H groups in total. The van der Waals surface area contributed by atoms with Crippen molar-refractivity contribution in [3.05, 3.63) is 12.7 Å². The summed E-state index contributed by atoms with van der Waals surface area (Å²) < 4.78 is 9.95. The van der Waals surface area contributed by atoms with E-state index < -0.39 is 0 Å². The zero-order valence-electron chi connectivity index (χ0n) is 8.54. The molecule has 1 saturated heterocycles. The average molecular weight is 198 g/mol. The fourth-order valence-corrected chi connectivity index (χ4v) is 1.29. The van der Waals surface area contributed by atoms with E-state index in [0.717, 1.165) is 19.4 Å². The van der Waals surface area contributed by atoms with E-state index in [9.17, 15) is 4.79 Å². The predicted molar refractivity (Wildman–Crippen MR) is 54.0 cm³/mol. The minimum Gasteiger partial charge on any atom is -0.463 e. The molecular weight excluding hydrogens is 180 g/mol. The van der Waals surface area contributed by atoms with Gasteiger partial charge in [-0.15, -0.1) is 0 Å². The van der Waals surface area contributed by atoms with Crippen molar-refractivity contribution in [2.75, 3.05) is 13.2 Å². The lowest BCUT2D eigenvalue weighted by atomic mass is 10.1. The van der Waals surface area contributed by atoms with Crippen LogP contribution < -0.4 is 0 Å². The molecule has 1 aliphatic heterocycles. The summed E-state index contributed by atoms with van der Waals surface area (Å²) in [5.74, 6) is -0.323. The standard InChI is InChI=1S/C11H18O3/c1-2-11(12)13-8-6-4-3-5-7-10-9-14-10/h2,10H,1,3-9H2. The van der Waals surface area contributed by atoms with Crippen molar-refractivity contribution in [3.63, 3.8) is 0 Å². The van der Waals surface area contributed by atoms with E-state index in [0.29, 0.717) is 12.7 Å². The van der Waals surface area contributed by atoms with Gasteiger partial charge in [-0.2, -0.15) is 0 Å². The zero-order chi connectivity index (χ0) is 10.2. The molecule has 1 atom stereocenters. The smallest absolute Gasteiger partial charge is 0.330 e. The Bertz CT molecular complexity index is 185. The summed E-state index contributed by atoms with van der Waals surface area (Å²) >= 11 is 0. The van der Waals surface area contributed by atoms with Gasteiger partial charge in [0.15, 0.2) is 0 Å². The number of carbonyl (C=O) groups excluding carboxylic acids is 1. The molecule has 0 aliphatic carbocycles.